The normalized spacial score (nSPS) is 21.8. The third-order valence-corrected chi connectivity index (χ3v) is 8.34. The van der Waals surface area contributed by atoms with Crippen LogP contribution >= 0.6 is 0 Å². The zero-order valence-corrected chi connectivity index (χ0v) is 20.8. The van der Waals surface area contributed by atoms with E-state index < -0.39 is 5.82 Å². The number of rotatable bonds is 5. The zero-order chi connectivity index (χ0) is 24.9. The molecule has 7 heteroatoms. The second-order valence-corrected chi connectivity index (χ2v) is 10.9. The summed E-state index contributed by atoms with van der Waals surface area (Å²) in [4.78, 5) is 11.7. The maximum absolute atomic E-state index is 16.4. The number of aromatic hydroxyl groups is 1. The van der Waals surface area contributed by atoms with E-state index in [0.29, 0.717) is 41.1 Å². The van der Waals surface area contributed by atoms with Gasteiger partial charge in [0.25, 0.3) is 0 Å². The van der Waals surface area contributed by atoms with Crippen LogP contribution < -0.4 is 15.0 Å². The molecule has 2 N–H and O–H groups in total. The average molecular weight is 499 g/mol. The summed E-state index contributed by atoms with van der Waals surface area (Å²) in [5.74, 6) is 0.942. The lowest BCUT2D eigenvalue weighted by molar-refractivity contribution is 0.235. The summed E-state index contributed by atoms with van der Waals surface area (Å²) in [5, 5.41) is 16.5. The maximum Gasteiger partial charge on any atom is 0.319 e. The number of benzene rings is 3. The van der Waals surface area contributed by atoms with Crippen LogP contribution in [0.2, 0.25) is 0 Å². The quantitative estimate of drug-likeness (QED) is 0.362. The Morgan fingerprint density at radius 1 is 0.919 bits per heavy atom. The van der Waals surface area contributed by atoms with Crippen LogP contribution in [-0.4, -0.2) is 46.9 Å². The zero-order valence-electron chi connectivity index (χ0n) is 20.8. The molecule has 0 spiro atoms. The van der Waals surface area contributed by atoms with E-state index >= 15 is 4.39 Å². The SMILES string of the molecule is Oc1cc(-c2ccc3c(N4C[C@H]5CC[C@@H](C4)N5)nc(OCC4CCCC4)nc3c2F)c2ccccc2c1. The Morgan fingerprint density at radius 3 is 2.51 bits per heavy atom. The molecule has 190 valence electrons. The van der Waals surface area contributed by atoms with Crippen LogP contribution in [0.4, 0.5) is 10.2 Å². The smallest absolute Gasteiger partial charge is 0.319 e. The van der Waals surface area contributed by atoms with Crippen LogP contribution in [0, 0.1) is 11.7 Å². The number of piperazine rings is 1. The summed E-state index contributed by atoms with van der Waals surface area (Å²) in [6, 6.07) is 15.9. The molecule has 37 heavy (non-hydrogen) atoms. The van der Waals surface area contributed by atoms with Crippen molar-refractivity contribution in [3.05, 3.63) is 54.3 Å². The van der Waals surface area contributed by atoms with E-state index in [-0.39, 0.29) is 17.3 Å². The molecule has 3 heterocycles. The summed E-state index contributed by atoms with van der Waals surface area (Å²) in [6.07, 6.45) is 7.08. The number of hydrogen-bond acceptors (Lipinski definition) is 6. The van der Waals surface area contributed by atoms with Crippen molar-refractivity contribution < 1.29 is 14.2 Å². The van der Waals surface area contributed by atoms with Crippen molar-refractivity contribution in [3.8, 4) is 22.9 Å². The largest absolute Gasteiger partial charge is 0.508 e. The van der Waals surface area contributed by atoms with Crippen LogP contribution in [0.25, 0.3) is 32.8 Å². The molecular weight excluding hydrogens is 467 g/mol. The maximum atomic E-state index is 16.4. The summed E-state index contributed by atoms with van der Waals surface area (Å²) < 4.78 is 22.5. The second kappa shape index (κ2) is 9.14. The van der Waals surface area contributed by atoms with Crippen molar-refractivity contribution in [2.75, 3.05) is 24.6 Å². The number of nitrogens with one attached hydrogen (secondary N) is 1. The van der Waals surface area contributed by atoms with Crippen molar-refractivity contribution in [1.29, 1.82) is 0 Å². The Bertz CT molecular complexity index is 1470. The van der Waals surface area contributed by atoms with Crippen molar-refractivity contribution in [2.45, 2.75) is 50.6 Å². The number of anilines is 1. The molecule has 2 saturated heterocycles. The first-order chi connectivity index (χ1) is 18.1. The van der Waals surface area contributed by atoms with Crippen molar-refractivity contribution in [2.24, 2.45) is 5.92 Å². The standard InChI is InChI=1S/C30H31FN4O2/c31-27-24(26-14-22(36)13-19-7-3-4-8-23(19)26)11-12-25-28(27)33-30(37-17-18-5-1-2-6-18)34-29(25)35-15-20-9-10-21(16-35)32-20/h3-4,7-8,11-14,18,20-21,32,36H,1-2,5-6,9-10,15-17H2/t20-,21+. The second-order valence-electron chi connectivity index (χ2n) is 10.9. The first-order valence-electron chi connectivity index (χ1n) is 13.5. The topological polar surface area (TPSA) is 70.5 Å². The number of fused-ring (bicyclic) bond motifs is 4. The molecule has 7 rings (SSSR count). The number of nitrogens with zero attached hydrogens (tertiary/aromatic N) is 3. The van der Waals surface area contributed by atoms with Crippen molar-refractivity contribution in [1.82, 2.24) is 15.3 Å². The lowest BCUT2D eigenvalue weighted by Crippen LogP contribution is -2.51. The van der Waals surface area contributed by atoms with E-state index in [4.69, 9.17) is 9.72 Å². The molecular formula is C30H31FN4O2. The molecule has 3 aromatic carbocycles. The van der Waals surface area contributed by atoms with E-state index in [1.165, 1.54) is 12.8 Å². The molecule has 0 amide bonds. The van der Waals surface area contributed by atoms with Gasteiger partial charge in [-0.2, -0.15) is 9.97 Å². The van der Waals surface area contributed by atoms with Gasteiger partial charge in [0.1, 0.15) is 17.1 Å². The van der Waals surface area contributed by atoms with Crippen LogP contribution in [0.1, 0.15) is 38.5 Å². The molecule has 0 unspecified atom stereocenters. The minimum atomic E-state index is -0.416. The highest BCUT2D eigenvalue weighted by Gasteiger charge is 2.34. The fourth-order valence-electron chi connectivity index (χ4n) is 6.50. The summed E-state index contributed by atoms with van der Waals surface area (Å²) in [7, 11) is 0. The number of phenolic OH excluding ortho intramolecular Hbond substituents is 1. The van der Waals surface area contributed by atoms with E-state index in [1.807, 2.05) is 30.3 Å². The molecule has 2 bridgehead atoms. The molecule has 3 fully saturated rings. The van der Waals surface area contributed by atoms with E-state index in [1.54, 1.807) is 18.2 Å². The lowest BCUT2D eigenvalue weighted by atomic mass is 9.96. The van der Waals surface area contributed by atoms with Gasteiger partial charge in [-0.3, -0.25) is 0 Å². The van der Waals surface area contributed by atoms with Gasteiger partial charge in [0.2, 0.25) is 0 Å². The highest BCUT2D eigenvalue weighted by Crippen LogP contribution is 2.39. The van der Waals surface area contributed by atoms with Gasteiger partial charge in [-0.1, -0.05) is 43.2 Å². The predicted octanol–water partition coefficient (Wildman–Crippen LogP) is 5.80. The molecule has 3 aliphatic rings. The molecule has 4 aromatic rings. The van der Waals surface area contributed by atoms with E-state index in [9.17, 15) is 5.11 Å². The van der Waals surface area contributed by atoms with E-state index in [0.717, 1.165) is 55.4 Å². The lowest BCUT2D eigenvalue weighted by Gasteiger charge is -2.34. The molecule has 1 aliphatic carbocycles. The minimum absolute atomic E-state index is 0.105. The first-order valence-corrected chi connectivity index (χ1v) is 13.5. The fraction of sp³-hybridized carbons (Fsp3) is 0.400. The summed E-state index contributed by atoms with van der Waals surface area (Å²) in [5.41, 5.74) is 1.32. The highest BCUT2D eigenvalue weighted by atomic mass is 19.1. The summed E-state index contributed by atoms with van der Waals surface area (Å²) in [6.45, 7) is 2.24. The van der Waals surface area contributed by atoms with Crippen molar-refractivity contribution in [3.63, 3.8) is 0 Å². The summed E-state index contributed by atoms with van der Waals surface area (Å²) >= 11 is 0. The number of ether oxygens (including phenoxy) is 1. The molecule has 2 atom stereocenters. The van der Waals surface area contributed by atoms with Crippen LogP contribution in [0.3, 0.4) is 0 Å². The fourth-order valence-corrected chi connectivity index (χ4v) is 6.50. The number of phenols is 1. The third kappa shape index (κ3) is 4.15. The van der Waals surface area contributed by atoms with Gasteiger partial charge in [-0.05, 0) is 66.1 Å². The molecule has 1 saturated carbocycles. The number of halogens is 1. The van der Waals surface area contributed by atoms with Crippen LogP contribution in [-0.2, 0) is 0 Å². The number of aromatic nitrogens is 2. The molecule has 6 nitrogen and oxygen atoms in total. The van der Waals surface area contributed by atoms with Crippen molar-refractivity contribution >= 4 is 27.5 Å². The van der Waals surface area contributed by atoms with Gasteiger partial charge in [0, 0.05) is 36.1 Å². The van der Waals surface area contributed by atoms with Gasteiger partial charge in [-0.25, -0.2) is 4.39 Å². The van der Waals surface area contributed by atoms with Gasteiger partial charge < -0.3 is 20.1 Å². The predicted molar refractivity (Wildman–Crippen MR) is 144 cm³/mol. The first kappa shape index (κ1) is 22.7. The van der Waals surface area contributed by atoms with Gasteiger partial charge >= 0.3 is 6.01 Å². The Labute approximate surface area is 215 Å². The number of hydrogen-bond donors (Lipinski definition) is 2. The van der Waals surface area contributed by atoms with Crippen LogP contribution in [0.5, 0.6) is 11.8 Å². The van der Waals surface area contributed by atoms with Gasteiger partial charge in [-0.15, -0.1) is 0 Å². The average Bonchev–Trinajstić information content (AvgIpc) is 3.56. The monoisotopic (exact) mass is 498 g/mol. The Kier molecular flexibility index (Phi) is 5.61. The molecule has 1 aromatic heterocycles. The molecule has 0 radical (unpaired) electrons. The highest BCUT2D eigenvalue weighted by molar-refractivity contribution is 6.01. The Hall–Kier alpha value is -3.45. The van der Waals surface area contributed by atoms with Crippen LogP contribution in [0.15, 0.2) is 48.5 Å². The van der Waals surface area contributed by atoms with E-state index in [2.05, 4.69) is 15.2 Å². The Balaban J connectivity index is 1.36. The molecule has 2 aliphatic heterocycles. The minimum Gasteiger partial charge on any atom is -0.508 e. The van der Waals surface area contributed by atoms with Gasteiger partial charge in [0.15, 0.2) is 5.82 Å². The third-order valence-electron chi connectivity index (χ3n) is 8.34. The van der Waals surface area contributed by atoms with Gasteiger partial charge in [0.05, 0.1) is 6.61 Å². The Morgan fingerprint density at radius 2 is 1.70 bits per heavy atom.